The molecule has 28 heavy (non-hydrogen) atoms. The molecule has 0 saturated carbocycles. The van der Waals surface area contributed by atoms with Crippen molar-refractivity contribution in [3.63, 3.8) is 0 Å². The average Bonchev–Trinajstić information content (AvgIpc) is 2.74. The van der Waals surface area contributed by atoms with E-state index in [9.17, 15) is 0 Å². The van der Waals surface area contributed by atoms with E-state index >= 15 is 0 Å². The molecule has 1 N–H and O–H groups in total. The molecule has 6 nitrogen and oxygen atoms in total. The Labute approximate surface area is 181 Å². The van der Waals surface area contributed by atoms with Gasteiger partial charge in [-0.05, 0) is 79.9 Å². The summed E-state index contributed by atoms with van der Waals surface area (Å²) in [6, 6.07) is 4.62. The molecule has 1 unspecified atom stereocenters. The predicted molar refractivity (Wildman–Crippen MR) is 124 cm³/mol. The first-order chi connectivity index (χ1) is 13.7. The smallest absolute Gasteiger partial charge is 0.227 e. The van der Waals surface area contributed by atoms with Crippen molar-refractivity contribution < 1.29 is 4.74 Å². The Hall–Kier alpha value is -1.35. The van der Waals surface area contributed by atoms with E-state index in [4.69, 9.17) is 14.7 Å². The molecule has 2 saturated heterocycles. The standard InChI is InChI=1S/C21H30IN5O/c1-3-26-9-7-8-15(14-26)23-20-16-12-19(28-2)17(22)13-18(16)24-21(25-20)27-10-5-4-6-11-27/h12-13,15H,3-11,14H2,1-2H3,(H,23,24,25). The van der Waals surface area contributed by atoms with Gasteiger partial charge in [-0.25, -0.2) is 4.98 Å². The minimum Gasteiger partial charge on any atom is -0.496 e. The fourth-order valence-electron chi connectivity index (χ4n) is 4.27. The van der Waals surface area contributed by atoms with Crippen LogP contribution in [-0.4, -0.2) is 60.7 Å². The maximum atomic E-state index is 5.57. The first kappa shape index (κ1) is 19.9. The Morgan fingerprint density at radius 3 is 2.71 bits per heavy atom. The number of rotatable bonds is 5. The molecule has 2 aromatic rings. The minimum atomic E-state index is 0.422. The summed E-state index contributed by atoms with van der Waals surface area (Å²) >= 11 is 2.32. The van der Waals surface area contributed by atoms with Crippen LogP contribution >= 0.6 is 22.6 Å². The summed E-state index contributed by atoms with van der Waals surface area (Å²) in [5.41, 5.74) is 0.992. The lowest BCUT2D eigenvalue weighted by atomic mass is 10.1. The van der Waals surface area contributed by atoms with Crippen LogP contribution in [0.5, 0.6) is 5.75 Å². The van der Waals surface area contributed by atoms with E-state index < -0.39 is 0 Å². The third-order valence-corrected chi connectivity index (χ3v) is 6.73. The van der Waals surface area contributed by atoms with Crippen LogP contribution in [0.3, 0.4) is 0 Å². The van der Waals surface area contributed by atoms with Gasteiger partial charge in [0.2, 0.25) is 5.95 Å². The molecule has 7 heteroatoms. The number of benzene rings is 1. The molecule has 2 aliphatic rings. The number of likely N-dealkylation sites (N-methyl/N-ethyl adjacent to an activating group) is 1. The van der Waals surface area contributed by atoms with Gasteiger partial charge < -0.3 is 19.9 Å². The van der Waals surface area contributed by atoms with Crippen LogP contribution < -0.4 is 15.0 Å². The number of anilines is 2. The number of likely N-dealkylation sites (tertiary alicyclic amines) is 1. The fourth-order valence-corrected chi connectivity index (χ4v) is 4.94. The average molecular weight is 495 g/mol. The van der Waals surface area contributed by atoms with E-state index in [1.165, 1.54) is 38.6 Å². The van der Waals surface area contributed by atoms with Crippen LogP contribution in [0.2, 0.25) is 0 Å². The highest BCUT2D eigenvalue weighted by Gasteiger charge is 2.22. The van der Waals surface area contributed by atoms with Crippen molar-refractivity contribution in [1.29, 1.82) is 0 Å². The Kier molecular flexibility index (Phi) is 6.40. The number of piperidine rings is 2. The number of hydrogen-bond acceptors (Lipinski definition) is 6. The molecule has 1 atom stereocenters. The van der Waals surface area contributed by atoms with Crippen LogP contribution in [-0.2, 0) is 0 Å². The Morgan fingerprint density at radius 2 is 1.96 bits per heavy atom. The Balaban J connectivity index is 1.72. The normalized spacial score (nSPS) is 21.1. The zero-order valence-electron chi connectivity index (χ0n) is 16.9. The molecular weight excluding hydrogens is 465 g/mol. The summed E-state index contributed by atoms with van der Waals surface area (Å²) < 4.78 is 6.65. The molecule has 4 rings (SSSR count). The van der Waals surface area contributed by atoms with E-state index in [1.807, 2.05) is 0 Å². The summed E-state index contributed by atoms with van der Waals surface area (Å²) in [6.07, 6.45) is 6.16. The Bertz CT molecular complexity index is 824. The van der Waals surface area contributed by atoms with Crippen molar-refractivity contribution in [2.24, 2.45) is 0 Å². The number of hydrogen-bond donors (Lipinski definition) is 1. The molecule has 2 aliphatic heterocycles. The minimum absolute atomic E-state index is 0.422. The number of aromatic nitrogens is 2. The number of halogens is 1. The molecule has 3 heterocycles. The van der Waals surface area contributed by atoms with E-state index in [0.29, 0.717) is 6.04 Å². The van der Waals surface area contributed by atoms with Gasteiger partial charge in [0.05, 0.1) is 16.2 Å². The molecule has 0 radical (unpaired) electrons. The van der Waals surface area contributed by atoms with Crippen LogP contribution in [0.25, 0.3) is 10.9 Å². The van der Waals surface area contributed by atoms with Crippen LogP contribution in [0.1, 0.15) is 39.0 Å². The van der Waals surface area contributed by atoms with Gasteiger partial charge >= 0.3 is 0 Å². The van der Waals surface area contributed by atoms with Gasteiger partial charge in [-0.3, -0.25) is 0 Å². The maximum absolute atomic E-state index is 5.57. The second-order valence-electron chi connectivity index (χ2n) is 7.80. The summed E-state index contributed by atoms with van der Waals surface area (Å²) in [7, 11) is 1.72. The number of ether oxygens (including phenoxy) is 1. The van der Waals surface area contributed by atoms with Crippen molar-refractivity contribution >= 4 is 45.3 Å². The van der Waals surface area contributed by atoms with Gasteiger partial charge in [0.25, 0.3) is 0 Å². The topological polar surface area (TPSA) is 53.5 Å². The van der Waals surface area contributed by atoms with Crippen LogP contribution in [0.4, 0.5) is 11.8 Å². The number of methoxy groups -OCH3 is 1. The van der Waals surface area contributed by atoms with Crippen LogP contribution in [0, 0.1) is 3.57 Å². The molecule has 0 amide bonds. The van der Waals surface area contributed by atoms with Gasteiger partial charge in [0.1, 0.15) is 11.6 Å². The number of fused-ring (bicyclic) bond motifs is 1. The molecule has 1 aromatic carbocycles. The number of nitrogens with zero attached hydrogens (tertiary/aromatic N) is 4. The second-order valence-corrected chi connectivity index (χ2v) is 8.96. The first-order valence-corrected chi connectivity index (χ1v) is 11.5. The highest BCUT2D eigenvalue weighted by Crippen LogP contribution is 2.32. The van der Waals surface area contributed by atoms with Gasteiger partial charge in [-0.2, -0.15) is 4.98 Å². The second kappa shape index (κ2) is 8.98. The lowest BCUT2D eigenvalue weighted by molar-refractivity contribution is 0.226. The molecule has 152 valence electrons. The van der Waals surface area contributed by atoms with Gasteiger partial charge in [0, 0.05) is 31.1 Å². The maximum Gasteiger partial charge on any atom is 0.227 e. The van der Waals surface area contributed by atoms with Crippen molar-refractivity contribution in [3.05, 3.63) is 15.7 Å². The first-order valence-electron chi connectivity index (χ1n) is 10.5. The zero-order chi connectivity index (χ0) is 19.5. The summed E-state index contributed by atoms with van der Waals surface area (Å²) in [5, 5.41) is 4.81. The summed E-state index contributed by atoms with van der Waals surface area (Å²) in [5.74, 6) is 2.69. The quantitative estimate of drug-likeness (QED) is 0.630. The van der Waals surface area contributed by atoms with Gasteiger partial charge in [-0.15, -0.1) is 0 Å². The van der Waals surface area contributed by atoms with E-state index in [2.05, 4.69) is 56.8 Å². The van der Waals surface area contributed by atoms with Gasteiger partial charge in [-0.1, -0.05) is 6.92 Å². The van der Waals surface area contributed by atoms with Crippen molar-refractivity contribution in [3.8, 4) is 5.75 Å². The molecule has 1 aromatic heterocycles. The summed E-state index contributed by atoms with van der Waals surface area (Å²) in [6.45, 7) is 7.71. The molecule has 2 fully saturated rings. The van der Waals surface area contributed by atoms with Crippen molar-refractivity contribution in [1.82, 2.24) is 14.9 Å². The largest absolute Gasteiger partial charge is 0.496 e. The Morgan fingerprint density at radius 1 is 1.14 bits per heavy atom. The van der Waals surface area contributed by atoms with Crippen molar-refractivity contribution in [2.45, 2.75) is 45.1 Å². The molecule has 0 aliphatic carbocycles. The molecule has 0 bridgehead atoms. The lowest BCUT2D eigenvalue weighted by Crippen LogP contribution is -2.42. The summed E-state index contributed by atoms with van der Waals surface area (Å²) in [4.78, 5) is 14.8. The lowest BCUT2D eigenvalue weighted by Gasteiger charge is -2.33. The highest BCUT2D eigenvalue weighted by atomic mass is 127. The monoisotopic (exact) mass is 495 g/mol. The SMILES string of the molecule is CCN1CCCC(Nc2nc(N3CCCCC3)nc3cc(I)c(OC)cc23)C1. The molecule has 0 spiro atoms. The van der Waals surface area contributed by atoms with Crippen LogP contribution in [0.15, 0.2) is 12.1 Å². The van der Waals surface area contributed by atoms with E-state index in [-0.39, 0.29) is 0 Å². The van der Waals surface area contributed by atoms with Crippen molar-refractivity contribution in [2.75, 3.05) is 50.1 Å². The third-order valence-electron chi connectivity index (χ3n) is 5.89. The molecular formula is C21H30IN5O. The predicted octanol–water partition coefficient (Wildman–Crippen LogP) is 4.13. The number of nitrogens with one attached hydrogen (secondary N) is 1. The van der Waals surface area contributed by atoms with E-state index in [1.54, 1.807) is 7.11 Å². The van der Waals surface area contributed by atoms with Gasteiger partial charge in [0.15, 0.2) is 0 Å². The zero-order valence-corrected chi connectivity index (χ0v) is 19.0. The van der Waals surface area contributed by atoms with E-state index in [0.717, 1.165) is 58.2 Å². The third kappa shape index (κ3) is 4.30. The highest BCUT2D eigenvalue weighted by molar-refractivity contribution is 14.1. The fraction of sp³-hybridized carbons (Fsp3) is 0.619.